The number of amides is 2. The minimum Gasteiger partial charge on any atom is -0.352 e. The van der Waals surface area contributed by atoms with Crippen molar-refractivity contribution in [3.63, 3.8) is 0 Å². The van der Waals surface area contributed by atoms with Gasteiger partial charge in [0.15, 0.2) is 0 Å². The molecule has 3 heterocycles. The predicted octanol–water partition coefficient (Wildman–Crippen LogP) is 5.96. The molecule has 0 bridgehead atoms. The molecule has 36 heavy (non-hydrogen) atoms. The highest BCUT2D eigenvalue weighted by atomic mass is 35.5. The van der Waals surface area contributed by atoms with E-state index in [-0.39, 0.29) is 12.1 Å². The summed E-state index contributed by atoms with van der Waals surface area (Å²) in [5.74, 6) is 0.886. The third-order valence-electron chi connectivity index (χ3n) is 6.92. The molecule has 0 spiro atoms. The first-order valence-electron chi connectivity index (χ1n) is 12.2. The van der Waals surface area contributed by atoms with Crippen LogP contribution in [0.25, 0.3) is 22.3 Å². The third kappa shape index (κ3) is 4.75. The van der Waals surface area contributed by atoms with Crippen LogP contribution in [0.3, 0.4) is 0 Å². The zero-order valence-electron chi connectivity index (χ0n) is 21.0. The lowest BCUT2D eigenvalue weighted by molar-refractivity contribution is 0.121. The van der Waals surface area contributed by atoms with Gasteiger partial charge in [0.05, 0.1) is 17.0 Å². The van der Waals surface area contributed by atoms with Crippen LogP contribution in [0, 0.1) is 6.92 Å². The molecule has 0 radical (unpaired) electrons. The van der Waals surface area contributed by atoms with Gasteiger partial charge in [-0.1, -0.05) is 53.6 Å². The maximum Gasteiger partial charge on any atom is 0.318 e. The van der Waals surface area contributed by atoms with Gasteiger partial charge >= 0.3 is 6.03 Å². The number of carbonyl (C=O) groups is 1. The second kappa shape index (κ2) is 9.47. The number of carbonyl (C=O) groups excluding carboxylic acids is 1. The maximum absolute atomic E-state index is 13.2. The molecule has 1 saturated heterocycles. The van der Waals surface area contributed by atoms with Crippen molar-refractivity contribution in [2.24, 2.45) is 0 Å². The zero-order valence-corrected chi connectivity index (χ0v) is 21.8. The Morgan fingerprint density at radius 2 is 1.81 bits per heavy atom. The summed E-state index contributed by atoms with van der Waals surface area (Å²) in [6.07, 6.45) is 1.60. The predicted molar refractivity (Wildman–Crippen MR) is 145 cm³/mol. The van der Waals surface area contributed by atoms with Crippen LogP contribution < -0.4 is 10.2 Å². The molecule has 0 aliphatic carbocycles. The Hall–Kier alpha value is -3.58. The molecule has 2 aromatic heterocycles. The Morgan fingerprint density at radius 3 is 2.50 bits per heavy atom. The lowest BCUT2D eigenvalue weighted by Crippen LogP contribution is -2.63. The fraction of sp³-hybridized carbons (Fsp3) is 0.321. The van der Waals surface area contributed by atoms with Crippen molar-refractivity contribution in [1.29, 1.82) is 0 Å². The molecule has 2 amide bonds. The molecule has 7 nitrogen and oxygen atoms in total. The number of rotatable bonds is 4. The molecule has 0 unspecified atom stereocenters. The summed E-state index contributed by atoms with van der Waals surface area (Å²) in [7, 11) is 0. The molecule has 186 valence electrons. The Labute approximate surface area is 216 Å². The Bertz CT molecular complexity index is 1380. The second-order valence-corrected chi connectivity index (χ2v) is 10.6. The molecule has 2 aromatic carbocycles. The highest BCUT2D eigenvalue weighted by Crippen LogP contribution is 2.32. The zero-order chi connectivity index (χ0) is 25.4. The number of fused-ring (bicyclic) bond motifs is 1. The van der Waals surface area contributed by atoms with E-state index in [2.05, 4.69) is 76.3 Å². The van der Waals surface area contributed by atoms with E-state index >= 15 is 0 Å². The van der Waals surface area contributed by atoms with Crippen LogP contribution in [0.2, 0.25) is 5.02 Å². The fourth-order valence-corrected chi connectivity index (χ4v) is 5.00. The molecule has 5 rings (SSSR count). The largest absolute Gasteiger partial charge is 0.352 e. The number of aromatic nitrogens is 3. The number of halogens is 1. The summed E-state index contributed by atoms with van der Waals surface area (Å²) >= 11 is 6.01. The van der Waals surface area contributed by atoms with Crippen LogP contribution in [0.15, 0.2) is 60.9 Å². The van der Waals surface area contributed by atoms with E-state index in [0.717, 1.165) is 33.7 Å². The van der Waals surface area contributed by atoms with E-state index < -0.39 is 5.54 Å². The SMILES string of the molecule is Cc1ccc(-c2cc3c(N4CCN(C(=O)N[C@@H](C)c5ccc(Cl)cc5)C(C)(C)C4)ncnc3[nH]2)cc1. The van der Waals surface area contributed by atoms with Gasteiger partial charge in [-0.15, -0.1) is 0 Å². The lowest BCUT2D eigenvalue weighted by atomic mass is 9.98. The average molecular weight is 503 g/mol. The monoisotopic (exact) mass is 502 g/mol. The first-order valence-corrected chi connectivity index (χ1v) is 12.6. The number of hydrogen-bond donors (Lipinski definition) is 2. The van der Waals surface area contributed by atoms with Gasteiger partial charge in [-0.05, 0) is 57.0 Å². The van der Waals surface area contributed by atoms with Crippen molar-refractivity contribution in [2.45, 2.75) is 39.3 Å². The quantitative estimate of drug-likeness (QED) is 0.361. The van der Waals surface area contributed by atoms with Crippen LogP contribution >= 0.6 is 11.6 Å². The summed E-state index contributed by atoms with van der Waals surface area (Å²) in [6, 6.07) is 17.9. The number of urea groups is 1. The maximum atomic E-state index is 13.2. The normalized spacial score (nSPS) is 16.2. The lowest BCUT2D eigenvalue weighted by Gasteiger charge is -2.47. The first kappa shape index (κ1) is 24.1. The van der Waals surface area contributed by atoms with Crippen LogP contribution in [0.4, 0.5) is 10.6 Å². The molecule has 1 atom stereocenters. The molecule has 4 aromatic rings. The molecule has 1 fully saturated rings. The number of aryl methyl sites for hydroxylation is 1. The Kier molecular flexibility index (Phi) is 6.35. The van der Waals surface area contributed by atoms with Crippen molar-refractivity contribution in [3.8, 4) is 11.3 Å². The van der Waals surface area contributed by atoms with E-state index in [1.54, 1.807) is 6.33 Å². The number of hydrogen-bond acceptors (Lipinski definition) is 4. The third-order valence-corrected chi connectivity index (χ3v) is 7.18. The highest BCUT2D eigenvalue weighted by molar-refractivity contribution is 6.30. The summed E-state index contributed by atoms with van der Waals surface area (Å²) < 4.78 is 0. The van der Waals surface area contributed by atoms with Crippen LogP contribution in [-0.4, -0.2) is 51.1 Å². The molecule has 8 heteroatoms. The molecule has 2 N–H and O–H groups in total. The number of H-pyrrole nitrogens is 1. The summed E-state index contributed by atoms with van der Waals surface area (Å²) in [5, 5.41) is 4.81. The van der Waals surface area contributed by atoms with Crippen molar-refractivity contribution < 1.29 is 4.79 Å². The second-order valence-electron chi connectivity index (χ2n) is 10.1. The van der Waals surface area contributed by atoms with E-state index in [1.165, 1.54) is 5.56 Å². The van der Waals surface area contributed by atoms with Crippen molar-refractivity contribution in [3.05, 3.63) is 77.1 Å². The van der Waals surface area contributed by atoms with Gasteiger partial charge in [-0.3, -0.25) is 0 Å². The topological polar surface area (TPSA) is 77.2 Å². The minimum absolute atomic E-state index is 0.0711. The van der Waals surface area contributed by atoms with Gasteiger partial charge in [0.2, 0.25) is 0 Å². The Morgan fingerprint density at radius 1 is 1.08 bits per heavy atom. The summed E-state index contributed by atoms with van der Waals surface area (Å²) in [4.78, 5) is 30.0. The summed E-state index contributed by atoms with van der Waals surface area (Å²) in [5.41, 5.74) is 4.79. The minimum atomic E-state index is -0.393. The summed E-state index contributed by atoms with van der Waals surface area (Å²) in [6.45, 7) is 10.2. The van der Waals surface area contributed by atoms with E-state index in [4.69, 9.17) is 11.6 Å². The van der Waals surface area contributed by atoms with E-state index in [0.29, 0.717) is 24.7 Å². The van der Waals surface area contributed by atoms with Crippen LogP contribution in [0.5, 0.6) is 0 Å². The number of aromatic amines is 1. The smallest absolute Gasteiger partial charge is 0.318 e. The first-order chi connectivity index (χ1) is 17.2. The van der Waals surface area contributed by atoms with Crippen molar-refractivity contribution in [1.82, 2.24) is 25.2 Å². The average Bonchev–Trinajstić information content (AvgIpc) is 3.28. The number of nitrogens with one attached hydrogen (secondary N) is 2. The van der Waals surface area contributed by atoms with Crippen LogP contribution in [0.1, 0.15) is 37.9 Å². The molecular formula is C28H31ClN6O. The van der Waals surface area contributed by atoms with Crippen molar-refractivity contribution >= 4 is 34.5 Å². The molecular weight excluding hydrogens is 472 g/mol. The fourth-order valence-electron chi connectivity index (χ4n) is 4.88. The van der Waals surface area contributed by atoms with E-state index in [9.17, 15) is 4.79 Å². The van der Waals surface area contributed by atoms with Gasteiger partial charge in [-0.2, -0.15) is 0 Å². The van der Waals surface area contributed by atoms with Crippen molar-refractivity contribution in [2.75, 3.05) is 24.5 Å². The molecule has 0 saturated carbocycles. The number of piperazine rings is 1. The van der Waals surface area contributed by atoms with Gasteiger partial charge in [-0.25, -0.2) is 14.8 Å². The Balaban J connectivity index is 1.33. The van der Waals surface area contributed by atoms with Gasteiger partial charge in [0, 0.05) is 30.4 Å². The van der Waals surface area contributed by atoms with Gasteiger partial charge < -0.3 is 20.1 Å². The molecule has 1 aliphatic heterocycles. The highest BCUT2D eigenvalue weighted by Gasteiger charge is 2.38. The van der Waals surface area contributed by atoms with Crippen LogP contribution in [-0.2, 0) is 0 Å². The van der Waals surface area contributed by atoms with Gasteiger partial charge in [0.1, 0.15) is 17.8 Å². The molecule has 1 aliphatic rings. The number of benzene rings is 2. The van der Waals surface area contributed by atoms with E-state index in [1.807, 2.05) is 36.1 Å². The van der Waals surface area contributed by atoms with Gasteiger partial charge in [0.25, 0.3) is 0 Å². The number of anilines is 1. The standard InChI is InChI=1S/C28H31ClN6O/c1-18-5-7-21(8-6-18)24-15-23-25(33-24)30-17-31-26(23)34-13-14-35(28(3,4)16-34)27(36)32-19(2)20-9-11-22(29)12-10-20/h5-12,15,17,19H,13-14,16H2,1-4H3,(H,32,36)(H,30,31,33)/t19-/m0/s1. The number of nitrogens with zero attached hydrogens (tertiary/aromatic N) is 4.